The normalized spacial score (nSPS) is 20.3. The Kier molecular flexibility index (Phi) is 23.9. The van der Waals surface area contributed by atoms with Gasteiger partial charge in [0.05, 0.1) is 0 Å². The van der Waals surface area contributed by atoms with Crippen LogP contribution in [0.2, 0.25) is 0 Å². The number of piperidine rings is 1. The Labute approximate surface area is 136 Å². The van der Waals surface area contributed by atoms with E-state index < -0.39 is 0 Å². The molecular formula is C9H25Cl2N3O3Pt. The van der Waals surface area contributed by atoms with Gasteiger partial charge in [0.1, 0.15) is 0 Å². The van der Waals surface area contributed by atoms with Crippen LogP contribution in [0.25, 0.3) is 0 Å². The number of nitrogens with two attached hydrogens (primary N) is 1. The van der Waals surface area contributed by atoms with Gasteiger partial charge in [0, 0.05) is 17.1 Å². The van der Waals surface area contributed by atoms with Crippen LogP contribution in [0.3, 0.4) is 0 Å². The van der Waals surface area contributed by atoms with Crippen molar-refractivity contribution in [2.24, 2.45) is 5.73 Å². The van der Waals surface area contributed by atoms with Gasteiger partial charge in [-0.3, -0.25) is 0 Å². The minimum absolute atomic E-state index is 0. The van der Waals surface area contributed by atoms with Gasteiger partial charge in [0.2, 0.25) is 0 Å². The summed E-state index contributed by atoms with van der Waals surface area (Å²) >= 11 is 0. The molecule has 1 rings (SSSR count). The maximum atomic E-state index is 9.86. The molecule has 0 radical (unpaired) electrons. The van der Waals surface area contributed by atoms with Gasteiger partial charge in [-0.2, -0.15) is 5.06 Å². The average molecular weight is 489 g/mol. The number of halogens is 2. The van der Waals surface area contributed by atoms with Crippen molar-refractivity contribution in [2.45, 2.75) is 57.7 Å². The average Bonchev–Trinajstić information content (AvgIpc) is 1.80. The Bertz CT molecular complexity index is 182. The molecule has 0 bridgehead atoms. The summed E-state index contributed by atoms with van der Waals surface area (Å²) in [5.74, 6) is 0. The Balaban J connectivity index is -0.0000000600. The second-order valence-electron chi connectivity index (χ2n) is 5.10. The van der Waals surface area contributed by atoms with Gasteiger partial charge in [-0.25, -0.2) is 0 Å². The number of hydrogen-bond acceptors (Lipinski definition) is 6. The van der Waals surface area contributed by atoms with E-state index in [-0.39, 0.29) is 80.1 Å². The molecule has 118 valence electrons. The summed E-state index contributed by atoms with van der Waals surface area (Å²) in [6.45, 7) is 8.09. The van der Waals surface area contributed by atoms with E-state index in [1.54, 1.807) is 0 Å². The monoisotopic (exact) mass is 488 g/mol. The fourth-order valence-electron chi connectivity index (χ4n) is 2.35. The topological polar surface area (TPSA) is 144 Å². The Morgan fingerprint density at radius 1 is 1.00 bits per heavy atom. The smallest absolute Gasteiger partial charge is 1.00 e. The summed E-state index contributed by atoms with van der Waals surface area (Å²) in [4.78, 5) is 0. The number of nitrogens with zero attached hydrogens (tertiary/aromatic N) is 1. The SMILES string of the molecule is CC1(C)CC(N)CC(C)(C)N1O.N.[Cl-].[Cl-].[OH-].[OH-].[Pt+4]. The van der Waals surface area contributed by atoms with E-state index >= 15 is 0 Å². The van der Waals surface area contributed by atoms with E-state index in [9.17, 15) is 5.21 Å². The third kappa shape index (κ3) is 8.25. The third-order valence-corrected chi connectivity index (χ3v) is 2.67. The Morgan fingerprint density at radius 2 is 1.22 bits per heavy atom. The first-order chi connectivity index (χ1) is 5.26. The molecule has 0 saturated carbocycles. The predicted molar refractivity (Wildman–Crippen MR) is 57.9 cm³/mol. The van der Waals surface area contributed by atoms with Crippen molar-refractivity contribution < 1.29 is 62.0 Å². The first-order valence-corrected chi connectivity index (χ1v) is 4.50. The van der Waals surface area contributed by atoms with Crippen LogP contribution < -0.4 is 36.7 Å². The maximum Gasteiger partial charge on any atom is 4.00 e. The van der Waals surface area contributed by atoms with E-state index in [1.807, 2.05) is 27.7 Å². The van der Waals surface area contributed by atoms with Gasteiger partial charge in [0.15, 0.2) is 0 Å². The van der Waals surface area contributed by atoms with Crippen molar-refractivity contribution in [3.05, 3.63) is 0 Å². The van der Waals surface area contributed by atoms with Crippen LogP contribution in [0, 0.1) is 0 Å². The van der Waals surface area contributed by atoms with Crippen molar-refractivity contribution in [3.63, 3.8) is 0 Å². The zero-order valence-corrected chi connectivity index (χ0v) is 14.9. The van der Waals surface area contributed by atoms with Crippen LogP contribution in [0.1, 0.15) is 40.5 Å². The van der Waals surface area contributed by atoms with Gasteiger partial charge in [-0.15, -0.1) is 0 Å². The van der Waals surface area contributed by atoms with Gasteiger partial charge in [-0.1, -0.05) is 0 Å². The van der Waals surface area contributed by atoms with Crippen LogP contribution in [-0.2, 0) is 21.1 Å². The largest absolute Gasteiger partial charge is 4.00 e. The molecule has 18 heavy (non-hydrogen) atoms. The molecule has 0 aliphatic carbocycles. The Hall–Kier alpha value is 1.03. The summed E-state index contributed by atoms with van der Waals surface area (Å²) in [5, 5.41) is 11.3. The zero-order valence-electron chi connectivity index (χ0n) is 11.1. The molecule has 1 saturated heterocycles. The Morgan fingerprint density at radius 3 is 1.44 bits per heavy atom. The maximum absolute atomic E-state index is 9.86. The molecule has 1 aliphatic heterocycles. The second-order valence-corrected chi connectivity index (χ2v) is 5.10. The first-order valence-electron chi connectivity index (χ1n) is 4.50. The van der Waals surface area contributed by atoms with Crippen LogP contribution in [-0.4, -0.2) is 38.3 Å². The molecule has 1 fully saturated rings. The van der Waals surface area contributed by atoms with E-state index in [2.05, 4.69) is 0 Å². The van der Waals surface area contributed by atoms with Gasteiger partial charge in [0.25, 0.3) is 0 Å². The van der Waals surface area contributed by atoms with Crippen LogP contribution >= 0.6 is 0 Å². The quantitative estimate of drug-likeness (QED) is 0.312. The van der Waals surface area contributed by atoms with Crippen molar-refractivity contribution >= 4 is 0 Å². The van der Waals surface area contributed by atoms with Crippen LogP contribution in [0.4, 0.5) is 0 Å². The third-order valence-electron chi connectivity index (χ3n) is 2.67. The molecule has 0 spiro atoms. The van der Waals surface area contributed by atoms with Crippen molar-refractivity contribution in [2.75, 3.05) is 0 Å². The van der Waals surface area contributed by atoms with Gasteiger partial charge >= 0.3 is 21.1 Å². The molecule has 1 heterocycles. The standard InChI is InChI=1S/C9H20N2O.2ClH.H3N.2H2O.Pt/c1-8(2)5-7(10)6-9(3,4)11(8)12;;;;;;/h7,12H,5-6,10H2,1-4H3;2*1H;1H3;2*1H2;/q;;;;;;+4/p-4. The van der Waals surface area contributed by atoms with E-state index in [0.717, 1.165) is 12.8 Å². The van der Waals surface area contributed by atoms with Crippen LogP contribution in [0.5, 0.6) is 0 Å². The summed E-state index contributed by atoms with van der Waals surface area (Å²) in [6.07, 6.45) is 1.71. The molecule has 9 heteroatoms. The predicted octanol–water partition coefficient (Wildman–Crippen LogP) is -4.83. The zero-order chi connectivity index (χ0) is 9.57. The van der Waals surface area contributed by atoms with Gasteiger partial charge < -0.3 is 52.9 Å². The summed E-state index contributed by atoms with van der Waals surface area (Å²) in [7, 11) is 0. The van der Waals surface area contributed by atoms with Crippen molar-refractivity contribution in [1.82, 2.24) is 11.2 Å². The van der Waals surface area contributed by atoms with Gasteiger partial charge in [-0.05, 0) is 40.5 Å². The fraction of sp³-hybridized carbons (Fsp3) is 1.00. The first kappa shape index (κ1) is 36.4. The summed E-state index contributed by atoms with van der Waals surface area (Å²) in [6, 6.07) is 0.207. The number of hydrogen-bond donors (Lipinski definition) is 3. The molecule has 0 aromatic carbocycles. The summed E-state index contributed by atoms with van der Waals surface area (Å²) < 4.78 is 0. The van der Waals surface area contributed by atoms with E-state index in [4.69, 9.17) is 5.73 Å². The molecule has 0 amide bonds. The minimum Gasteiger partial charge on any atom is -1.00 e. The molecule has 0 unspecified atom stereocenters. The molecule has 0 atom stereocenters. The second kappa shape index (κ2) is 11.8. The van der Waals surface area contributed by atoms with Crippen molar-refractivity contribution in [1.29, 1.82) is 0 Å². The van der Waals surface area contributed by atoms with Crippen LogP contribution in [0.15, 0.2) is 0 Å². The molecule has 6 nitrogen and oxygen atoms in total. The number of rotatable bonds is 0. The summed E-state index contributed by atoms with van der Waals surface area (Å²) in [5.41, 5.74) is 5.52. The van der Waals surface area contributed by atoms with E-state index in [0.29, 0.717) is 0 Å². The molecule has 0 aromatic heterocycles. The van der Waals surface area contributed by atoms with E-state index in [1.165, 1.54) is 5.06 Å². The molecular weight excluding hydrogens is 464 g/mol. The number of hydroxylamine groups is 2. The minimum atomic E-state index is -0.193. The molecule has 1 aliphatic rings. The fourth-order valence-corrected chi connectivity index (χ4v) is 2.35. The molecule has 8 N–H and O–H groups in total. The van der Waals surface area contributed by atoms with Crippen molar-refractivity contribution in [3.8, 4) is 0 Å². The molecule has 0 aromatic rings.